The Morgan fingerprint density at radius 1 is 1.26 bits per heavy atom. The van der Waals surface area contributed by atoms with Crippen LogP contribution >= 0.6 is 0 Å². The average molecular weight is 370 g/mol. The molecule has 0 fully saturated rings. The molecule has 27 heavy (non-hydrogen) atoms. The summed E-state index contributed by atoms with van der Waals surface area (Å²) in [5.41, 5.74) is 1.77. The number of hydrogen-bond acceptors (Lipinski definition) is 7. The van der Waals surface area contributed by atoms with E-state index in [4.69, 9.17) is 9.15 Å². The number of methoxy groups -OCH3 is 1. The summed E-state index contributed by atoms with van der Waals surface area (Å²) in [4.78, 5) is 40.3. The Bertz CT molecular complexity index is 1050. The molecule has 0 bridgehead atoms. The Kier molecular flexibility index (Phi) is 5.35. The molecule has 0 saturated heterocycles. The molecule has 2 heterocycles. The van der Waals surface area contributed by atoms with Crippen LogP contribution in [0.4, 0.5) is 0 Å². The number of esters is 2. The van der Waals surface area contributed by atoms with Crippen LogP contribution in [-0.2, 0) is 27.4 Å². The van der Waals surface area contributed by atoms with Crippen molar-refractivity contribution in [3.05, 3.63) is 64.1 Å². The summed E-state index contributed by atoms with van der Waals surface area (Å²) < 4.78 is 16.1. The number of rotatable bonds is 6. The molecule has 0 N–H and O–H groups in total. The van der Waals surface area contributed by atoms with Crippen molar-refractivity contribution in [2.75, 3.05) is 7.11 Å². The Morgan fingerprint density at radius 2 is 2.07 bits per heavy atom. The third kappa shape index (κ3) is 3.89. The fourth-order valence-corrected chi connectivity index (χ4v) is 2.66. The molecule has 0 spiro atoms. The molecule has 0 unspecified atom stereocenters. The average Bonchev–Trinajstić information content (AvgIpc) is 3.14. The summed E-state index contributed by atoms with van der Waals surface area (Å²) in [5.74, 6) is -1.16. The number of carbonyl (C=O) groups excluding carboxylic acids is 2. The maximum absolute atomic E-state index is 12.5. The molecule has 0 saturated carbocycles. The highest BCUT2D eigenvalue weighted by Gasteiger charge is 2.17. The third-order valence-corrected chi connectivity index (χ3v) is 4.12. The van der Waals surface area contributed by atoms with Crippen LogP contribution in [0.5, 0.6) is 0 Å². The highest BCUT2D eigenvalue weighted by atomic mass is 16.5. The molecule has 140 valence electrons. The van der Waals surface area contributed by atoms with Gasteiger partial charge in [0.15, 0.2) is 0 Å². The first-order valence-corrected chi connectivity index (χ1v) is 8.26. The lowest BCUT2D eigenvalue weighted by Crippen LogP contribution is -2.22. The maximum Gasteiger partial charge on any atom is 0.374 e. The van der Waals surface area contributed by atoms with Crippen LogP contribution in [0.25, 0.3) is 10.9 Å². The summed E-state index contributed by atoms with van der Waals surface area (Å²) in [7, 11) is 1.23. The number of para-hydroxylation sites is 1. The van der Waals surface area contributed by atoms with E-state index in [1.54, 1.807) is 12.1 Å². The van der Waals surface area contributed by atoms with Crippen LogP contribution < -0.4 is 5.56 Å². The normalized spacial score (nSPS) is 10.7. The van der Waals surface area contributed by atoms with E-state index in [1.807, 2.05) is 13.0 Å². The second kappa shape index (κ2) is 7.86. The van der Waals surface area contributed by atoms with Gasteiger partial charge in [-0.1, -0.05) is 12.1 Å². The van der Waals surface area contributed by atoms with Gasteiger partial charge in [0.25, 0.3) is 5.56 Å². The number of hydrogen-bond donors (Lipinski definition) is 0. The van der Waals surface area contributed by atoms with Gasteiger partial charge < -0.3 is 13.9 Å². The Balaban J connectivity index is 1.62. The Morgan fingerprint density at radius 3 is 2.85 bits per heavy atom. The van der Waals surface area contributed by atoms with Crippen LogP contribution in [0.2, 0.25) is 0 Å². The highest BCUT2D eigenvalue weighted by Crippen LogP contribution is 2.14. The molecule has 0 radical (unpaired) electrons. The zero-order chi connectivity index (χ0) is 19.4. The molecule has 3 rings (SSSR count). The molecule has 8 heteroatoms. The van der Waals surface area contributed by atoms with E-state index in [9.17, 15) is 14.4 Å². The first-order valence-electron chi connectivity index (χ1n) is 8.26. The number of nitrogens with zero attached hydrogens (tertiary/aromatic N) is 2. The molecule has 0 aliphatic heterocycles. The van der Waals surface area contributed by atoms with Crippen molar-refractivity contribution in [3.8, 4) is 0 Å². The van der Waals surface area contributed by atoms with Crippen LogP contribution in [0.3, 0.4) is 0 Å². The molecule has 0 aliphatic carbocycles. The smallest absolute Gasteiger partial charge is 0.374 e. The summed E-state index contributed by atoms with van der Waals surface area (Å²) in [6, 6.07) is 6.91. The fourth-order valence-electron chi connectivity index (χ4n) is 2.66. The summed E-state index contributed by atoms with van der Waals surface area (Å²) in [6.07, 6.45) is 2.73. The summed E-state index contributed by atoms with van der Waals surface area (Å²) >= 11 is 0. The molecule has 2 aromatic heterocycles. The van der Waals surface area contributed by atoms with Crippen LogP contribution in [0, 0.1) is 6.92 Å². The van der Waals surface area contributed by atoms with Crippen LogP contribution in [0.15, 0.2) is 46.1 Å². The van der Waals surface area contributed by atoms with Gasteiger partial charge in [-0.3, -0.25) is 14.2 Å². The molecular weight excluding hydrogens is 352 g/mol. The van der Waals surface area contributed by atoms with Gasteiger partial charge in [-0.05, 0) is 24.6 Å². The lowest BCUT2D eigenvalue weighted by atomic mass is 10.1. The minimum absolute atomic E-state index is 0.00406. The van der Waals surface area contributed by atoms with Gasteiger partial charge in [-0.15, -0.1) is 0 Å². The number of fused-ring (bicyclic) bond motifs is 1. The van der Waals surface area contributed by atoms with Crippen molar-refractivity contribution in [1.82, 2.24) is 9.55 Å². The lowest BCUT2D eigenvalue weighted by Gasteiger charge is -2.08. The molecule has 8 nitrogen and oxygen atoms in total. The second-order valence-corrected chi connectivity index (χ2v) is 5.89. The predicted molar refractivity (Wildman–Crippen MR) is 95.2 cm³/mol. The fraction of sp³-hybridized carbons (Fsp3) is 0.263. The largest absolute Gasteiger partial charge is 0.463 e. The van der Waals surface area contributed by atoms with Crippen molar-refractivity contribution in [2.24, 2.45) is 0 Å². The van der Waals surface area contributed by atoms with Gasteiger partial charge in [-0.2, -0.15) is 0 Å². The van der Waals surface area contributed by atoms with E-state index in [2.05, 4.69) is 9.72 Å². The van der Waals surface area contributed by atoms with Crippen LogP contribution in [0.1, 0.15) is 28.1 Å². The molecule has 0 aliphatic rings. The zero-order valence-corrected chi connectivity index (χ0v) is 14.9. The van der Waals surface area contributed by atoms with Crippen molar-refractivity contribution in [1.29, 1.82) is 0 Å². The van der Waals surface area contributed by atoms with Crippen molar-refractivity contribution < 1.29 is 23.5 Å². The lowest BCUT2D eigenvalue weighted by molar-refractivity contribution is -0.145. The molecular formula is C19H18N2O6. The van der Waals surface area contributed by atoms with Crippen molar-refractivity contribution in [2.45, 2.75) is 26.5 Å². The number of aromatic nitrogens is 2. The second-order valence-electron chi connectivity index (χ2n) is 5.89. The topological polar surface area (TPSA) is 101 Å². The van der Waals surface area contributed by atoms with E-state index in [0.717, 1.165) is 5.56 Å². The number of furan rings is 1. The zero-order valence-electron chi connectivity index (χ0n) is 14.9. The van der Waals surface area contributed by atoms with Gasteiger partial charge in [0.05, 0.1) is 37.0 Å². The molecule has 0 amide bonds. The van der Waals surface area contributed by atoms with E-state index in [0.29, 0.717) is 16.5 Å². The van der Waals surface area contributed by atoms with E-state index in [-0.39, 0.29) is 30.9 Å². The minimum atomic E-state index is -0.643. The number of aryl methyl sites for hydroxylation is 2. The molecule has 1 aromatic carbocycles. The Hall–Kier alpha value is -3.42. The third-order valence-electron chi connectivity index (χ3n) is 4.12. The van der Waals surface area contributed by atoms with Crippen molar-refractivity contribution in [3.63, 3.8) is 0 Å². The van der Waals surface area contributed by atoms with Crippen molar-refractivity contribution >= 4 is 22.8 Å². The molecule has 3 aromatic rings. The summed E-state index contributed by atoms with van der Waals surface area (Å²) in [6.45, 7) is 1.91. The molecule has 0 atom stereocenters. The Labute approximate surface area is 154 Å². The first kappa shape index (κ1) is 18.4. The standard InChI is InChI=1S/C19H18N2O6/c1-12-4-3-5-14-16(12)20-11-21(18(14)23)8-6-15(22)27-10-13-7-9-26-17(13)19(24)25-2/h3-5,7,9,11H,6,8,10H2,1-2H3. The summed E-state index contributed by atoms with van der Waals surface area (Å²) in [5, 5.41) is 0.506. The van der Waals surface area contributed by atoms with E-state index < -0.39 is 11.9 Å². The van der Waals surface area contributed by atoms with Crippen LogP contribution in [-0.4, -0.2) is 28.6 Å². The number of benzene rings is 1. The van der Waals surface area contributed by atoms with Gasteiger partial charge >= 0.3 is 11.9 Å². The maximum atomic E-state index is 12.5. The van der Waals surface area contributed by atoms with E-state index in [1.165, 1.54) is 30.3 Å². The van der Waals surface area contributed by atoms with Gasteiger partial charge in [0.2, 0.25) is 5.76 Å². The van der Waals surface area contributed by atoms with Gasteiger partial charge in [0.1, 0.15) is 6.61 Å². The number of ether oxygens (including phenoxy) is 2. The monoisotopic (exact) mass is 370 g/mol. The first-order chi connectivity index (χ1) is 13.0. The van der Waals surface area contributed by atoms with E-state index >= 15 is 0 Å². The predicted octanol–water partition coefficient (Wildman–Crippen LogP) is 2.22. The minimum Gasteiger partial charge on any atom is -0.463 e. The SMILES string of the molecule is COC(=O)c1occc1COC(=O)CCn1cnc2c(C)cccc2c1=O. The van der Waals surface area contributed by atoms with Gasteiger partial charge in [0, 0.05) is 12.1 Å². The van der Waals surface area contributed by atoms with Gasteiger partial charge in [-0.25, -0.2) is 9.78 Å². The highest BCUT2D eigenvalue weighted by molar-refractivity contribution is 5.87. The quantitative estimate of drug-likeness (QED) is 0.613. The number of carbonyl (C=O) groups is 2.